The van der Waals surface area contributed by atoms with Crippen LogP contribution in [0.25, 0.3) is 0 Å². The van der Waals surface area contributed by atoms with Crippen molar-refractivity contribution in [3.63, 3.8) is 0 Å². The van der Waals surface area contributed by atoms with Crippen LogP contribution in [0.5, 0.6) is 11.5 Å². The Morgan fingerprint density at radius 2 is 1.68 bits per heavy atom. The number of rotatable bonds is 6. The van der Waals surface area contributed by atoms with Crippen molar-refractivity contribution in [3.05, 3.63) is 58.7 Å². The standard InChI is InChI=1S/C23H29NO4/c1-15-11-16(2)13-18(12-15)22(24-9-7-17(8-10-24)23(25)26)20-6-5-19(27-3)14-21(20)28-4/h5-6,11-14,17,22H,7-10H2,1-4H3,(H,25,26). The van der Waals surface area contributed by atoms with E-state index in [1.165, 1.54) is 16.7 Å². The van der Waals surface area contributed by atoms with E-state index in [0.717, 1.165) is 30.2 Å². The highest BCUT2D eigenvalue weighted by Crippen LogP contribution is 2.39. The van der Waals surface area contributed by atoms with Gasteiger partial charge >= 0.3 is 5.97 Å². The van der Waals surface area contributed by atoms with Crippen LogP contribution in [-0.2, 0) is 4.79 Å². The van der Waals surface area contributed by atoms with E-state index in [1.54, 1.807) is 14.2 Å². The van der Waals surface area contributed by atoms with E-state index in [4.69, 9.17) is 9.47 Å². The molecule has 5 heteroatoms. The van der Waals surface area contributed by atoms with E-state index in [1.807, 2.05) is 12.1 Å². The first-order chi connectivity index (χ1) is 13.4. The number of carboxylic acids is 1. The lowest BCUT2D eigenvalue weighted by atomic mass is 9.89. The summed E-state index contributed by atoms with van der Waals surface area (Å²) in [6, 6.07) is 12.5. The maximum Gasteiger partial charge on any atom is 0.306 e. The Labute approximate surface area is 166 Å². The molecule has 0 aromatic heterocycles. The highest BCUT2D eigenvalue weighted by Gasteiger charge is 2.31. The minimum atomic E-state index is -0.690. The number of benzene rings is 2. The largest absolute Gasteiger partial charge is 0.497 e. The van der Waals surface area contributed by atoms with Crippen molar-refractivity contribution in [1.82, 2.24) is 4.90 Å². The first-order valence-electron chi connectivity index (χ1n) is 9.70. The Kier molecular flexibility index (Phi) is 6.25. The van der Waals surface area contributed by atoms with Crippen molar-refractivity contribution < 1.29 is 19.4 Å². The van der Waals surface area contributed by atoms with E-state index in [-0.39, 0.29) is 12.0 Å². The Morgan fingerprint density at radius 3 is 2.21 bits per heavy atom. The number of hydrogen-bond donors (Lipinski definition) is 1. The first kappa shape index (κ1) is 20.2. The second-order valence-corrected chi connectivity index (χ2v) is 7.58. The summed E-state index contributed by atoms with van der Waals surface area (Å²) < 4.78 is 11.1. The third-order valence-electron chi connectivity index (χ3n) is 5.54. The van der Waals surface area contributed by atoms with E-state index in [0.29, 0.717) is 12.8 Å². The molecule has 3 rings (SSSR count). The second-order valence-electron chi connectivity index (χ2n) is 7.58. The third-order valence-corrected chi connectivity index (χ3v) is 5.54. The molecule has 28 heavy (non-hydrogen) atoms. The van der Waals surface area contributed by atoms with Crippen LogP contribution in [-0.4, -0.2) is 43.3 Å². The van der Waals surface area contributed by atoms with Gasteiger partial charge in [-0.1, -0.05) is 29.3 Å². The number of piperidine rings is 1. The summed E-state index contributed by atoms with van der Waals surface area (Å²) in [5, 5.41) is 9.36. The molecule has 1 atom stereocenters. The van der Waals surface area contributed by atoms with Gasteiger partial charge in [-0.15, -0.1) is 0 Å². The summed E-state index contributed by atoms with van der Waals surface area (Å²) in [7, 11) is 3.32. The van der Waals surface area contributed by atoms with E-state index in [2.05, 4.69) is 43.0 Å². The Morgan fingerprint density at radius 1 is 1.04 bits per heavy atom. The zero-order valence-corrected chi connectivity index (χ0v) is 17.1. The van der Waals surface area contributed by atoms with Gasteiger partial charge in [-0.05, 0) is 57.5 Å². The lowest BCUT2D eigenvalue weighted by Gasteiger charge is -2.37. The molecule has 2 aromatic carbocycles. The minimum Gasteiger partial charge on any atom is -0.497 e. The van der Waals surface area contributed by atoms with Crippen molar-refractivity contribution in [1.29, 1.82) is 0 Å². The molecule has 0 saturated carbocycles. The Balaban J connectivity index is 2.04. The van der Waals surface area contributed by atoms with Gasteiger partial charge in [0.25, 0.3) is 0 Å². The van der Waals surface area contributed by atoms with Gasteiger partial charge in [0.1, 0.15) is 11.5 Å². The molecular formula is C23H29NO4. The van der Waals surface area contributed by atoms with Crippen LogP contribution in [0.2, 0.25) is 0 Å². The molecule has 0 radical (unpaired) electrons. The van der Waals surface area contributed by atoms with E-state index >= 15 is 0 Å². The first-order valence-corrected chi connectivity index (χ1v) is 9.70. The van der Waals surface area contributed by atoms with Gasteiger partial charge in [0.05, 0.1) is 26.2 Å². The van der Waals surface area contributed by atoms with Crippen LogP contribution in [0.4, 0.5) is 0 Å². The molecule has 1 unspecified atom stereocenters. The molecule has 0 spiro atoms. The summed E-state index contributed by atoms with van der Waals surface area (Å²) >= 11 is 0. The zero-order chi connectivity index (χ0) is 20.3. The van der Waals surface area contributed by atoms with Crippen LogP contribution >= 0.6 is 0 Å². The van der Waals surface area contributed by atoms with Gasteiger partial charge in [-0.25, -0.2) is 0 Å². The van der Waals surface area contributed by atoms with Crippen molar-refractivity contribution in [3.8, 4) is 11.5 Å². The van der Waals surface area contributed by atoms with Crippen molar-refractivity contribution in [2.24, 2.45) is 5.92 Å². The van der Waals surface area contributed by atoms with E-state index in [9.17, 15) is 9.90 Å². The van der Waals surface area contributed by atoms with Crippen molar-refractivity contribution >= 4 is 5.97 Å². The summed E-state index contributed by atoms with van der Waals surface area (Å²) in [5.74, 6) is 0.590. The number of ether oxygens (including phenoxy) is 2. The number of carboxylic acid groups (broad SMARTS) is 1. The fourth-order valence-corrected chi connectivity index (χ4v) is 4.20. The van der Waals surface area contributed by atoms with Gasteiger partial charge < -0.3 is 14.6 Å². The fraction of sp³-hybridized carbons (Fsp3) is 0.435. The highest BCUT2D eigenvalue weighted by atomic mass is 16.5. The average molecular weight is 383 g/mol. The molecule has 0 amide bonds. The van der Waals surface area contributed by atoms with Gasteiger partial charge in [0.2, 0.25) is 0 Å². The van der Waals surface area contributed by atoms with Crippen LogP contribution in [0, 0.1) is 19.8 Å². The molecule has 1 fully saturated rings. The highest BCUT2D eigenvalue weighted by molar-refractivity contribution is 5.70. The van der Waals surface area contributed by atoms with Crippen molar-refractivity contribution in [2.75, 3.05) is 27.3 Å². The molecular weight excluding hydrogens is 354 g/mol. The monoisotopic (exact) mass is 383 g/mol. The third kappa shape index (κ3) is 4.30. The molecule has 1 N–H and O–H groups in total. The second kappa shape index (κ2) is 8.65. The Hall–Kier alpha value is -2.53. The number of aryl methyl sites for hydroxylation is 2. The predicted molar refractivity (Wildman–Crippen MR) is 109 cm³/mol. The lowest BCUT2D eigenvalue weighted by molar-refractivity contribution is -0.143. The summed E-state index contributed by atoms with van der Waals surface area (Å²) in [4.78, 5) is 13.8. The van der Waals surface area contributed by atoms with E-state index < -0.39 is 5.97 Å². The van der Waals surface area contributed by atoms with Crippen LogP contribution in [0.15, 0.2) is 36.4 Å². The SMILES string of the molecule is COc1ccc(C(c2cc(C)cc(C)c2)N2CCC(C(=O)O)CC2)c(OC)c1. The number of carbonyl (C=O) groups is 1. The minimum absolute atomic E-state index is 0.00852. The predicted octanol–water partition coefficient (Wildman–Crippen LogP) is 4.21. The van der Waals surface area contributed by atoms with Crippen LogP contribution in [0.1, 0.15) is 41.1 Å². The number of aliphatic carboxylic acids is 1. The van der Waals surface area contributed by atoms with Crippen LogP contribution in [0.3, 0.4) is 0 Å². The number of nitrogens with zero attached hydrogens (tertiary/aromatic N) is 1. The van der Waals surface area contributed by atoms with Gasteiger partial charge in [0, 0.05) is 11.6 Å². The molecule has 2 aromatic rings. The maximum atomic E-state index is 11.4. The zero-order valence-electron chi connectivity index (χ0n) is 17.1. The quantitative estimate of drug-likeness (QED) is 0.810. The molecule has 5 nitrogen and oxygen atoms in total. The van der Waals surface area contributed by atoms with Gasteiger partial charge in [-0.3, -0.25) is 9.69 Å². The maximum absolute atomic E-state index is 11.4. The Bertz CT molecular complexity index is 820. The fourth-order valence-electron chi connectivity index (χ4n) is 4.20. The molecule has 0 aliphatic carbocycles. The molecule has 0 bridgehead atoms. The van der Waals surface area contributed by atoms with Gasteiger partial charge in [-0.2, -0.15) is 0 Å². The number of likely N-dealkylation sites (tertiary alicyclic amines) is 1. The summed E-state index contributed by atoms with van der Waals surface area (Å²) in [5.41, 5.74) is 4.71. The number of methoxy groups -OCH3 is 2. The topological polar surface area (TPSA) is 59.0 Å². The lowest BCUT2D eigenvalue weighted by Crippen LogP contribution is -2.39. The molecule has 1 aliphatic heterocycles. The number of hydrogen-bond acceptors (Lipinski definition) is 4. The normalized spacial score (nSPS) is 16.6. The van der Waals surface area contributed by atoms with Crippen LogP contribution < -0.4 is 9.47 Å². The van der Waals surface area contributed by atoms with Gasteiger partial charge in [0.15, 0.2) is 0 Å². The summed E-state index contributed by atoms with van der Waals surface area (Å²) in [6.07, 6.45) is 1.32. The average Bonchev–Trinajstić information content (AvgIpc) is 2.68. The molecule has 1 aliphatic rings. The smallest absolute Gasteiger partial charge is 0.306 e. The molecule has 150 valence electrons. The van der Waals surface area contributed by atoms with Crippen molar-refractivity contribution in [2.45, 2.75) is 32.7 Å². The molecule has 1 saturated heterocycles. The summed E-state index contributed by atoms with van der Waals surface area (Å²) in [6.45, 7) is 5.69. The molecule has 1 heterocycles.